The zero-order valence-corrected chi connectivity index (χ0v) is 15.8. The lowest BCUT2D eigenvalue weighted by Crippen LogP contribution is -2.20. The fourth-order valence-corrected chi connectivity index (χ4v) is 4.02. The Morgan fingerprint density at radius 1 is 1.15 bits per heavy atom. The summed E-state index contributed by atoms with van der Waals surface area (Å²) < 4.78 is 5.33. The molecule has 0 radical (unpaired) electrons. The minimum Gasteiger partial charge on any atom is -0.477 e. The molecule has 0 aliphatic heterocycles. The van der Waals surface area contributed by atoms with E-state index in [1.807, 2.05) is 29.6 Å². The molecule has 27 heavy (non-hydrogen) atoms. The summed E-state index contributed by atoms with van der Waals surface area (Å²) in [5, 5.41) is 17.9. The number of benzene rings is 2. The summed E-state index contributed by atoms with van der Waals surface area (Å²) in [6.07, 6.45) is 0. The fourth-order valence-electron chi connectivity index (χ4n) is 2.29. The minimum atomic E-state index is -0.538. The van der Waals surface area contributed by atoms with Gasteiger partial charge in [-0.05, 0) is 40.6 Å². The largest absolute Gasteiger partial charge is 0.477 e. The van der Waals surface area contributed by atoms with Gasteiger partial charge in [0.25, 0.3) is 5.91 Å². The maximum absolute atomic E-state index is 12.2. The summed E-state index contributed by atoms with van der Waals surface area (Å²) in [4.78, 5) is 23.6. The number of thioether (sulfide) groups is 1. The molecule has 0 aliphatic carbocycles. The monoisotopic (exact) mass is 400 g/mol. The topological polar surface area (TPSA) is 81.5 Å². The molecule has 0 fully saturated rings. The van der Waals surface area contributed by atoms with Crippen molar-refractivity contribution in [2.24, 2.45) is 0 Å². The van der Waals surface area contributed by atoms with Crippen molar-refractivity contribution in [2.75, 3.05) is 11.9 Å². The van der Waals surface area contributed by atoms with Crippen molar-refractivity contribution in [3.8, 4) is 5.75 Å². The van der Waals surface area contributed by atoms with Gasteiger partial charge in [-0.25, -0.2) is 0 Å². The first-order chi connectivity index (χ1) is 13.1. The second-order valence-corrected chi connectivity index (χ2v) is 7.28. The number of carbonyl (C=O) groups excluding carboxylic acids is 1. The van der Waals surface area contributed by atoms with Crippen LogP contribution in [0.4, 0.5) is 11.4 Å². The van der Waals surface area contributed by atoms with Crippen LogP contribution in [0.25, 0.3) is 0 Å². The third-order valence-corrected chi connectivity index (χ3v) is 5.43. The van der Waals surface area contributed by atoms with Gasteiger partial charge in [0, 0.05) is 16.7 Å². The maximum Gasteiger partial charge on any atom is 0.310 e. The van der Waals surface area contributed by atoms with Crippen molar-refractivity contribution in [1.29, 1.82) is 0 Å². The average molecular weight is 400 g/mol. The van der Waals surface area contributed by atoms with E-state index in [0.29, 0.717) is 5.69 Å². The number of thiophene rings is 1. The van der Waals surface area contributed by atoms with Crippen molar-refractivity contribution < 1.29 is 14.5 Å². The molecule has 2 aromatic carbocycles. The molecule has 3 rings (SSSR count). The Hall–Kier alpha value is -2.84. The molecule has 0 unspecified atom stereocenters. The molecule has 0 aliphatic rings. The van der Waals surface area contributed by atoms with Gasteiger partial charge in [-0.15, -0.1) is 11.8 Å². The van der Waals surface area contributed by atoms with Gasteiger partial charge in [-0.2, -0.15) is 11.3 Å². The Balaban J connectivity index is 1.60. The third-order valence-electron chi connectivity index (χ3n) is 3.56. The summed E-state index contributed by atoms with van der Waals surface area (Å²) in [6, 6.07) is 15.6. The fraction of sp³-hybridized carbons (Fsp3) is 0.105. The van der Waals surface area contributed by atoms with Gasteiger partial charge in [0.2, 0.25) is 0 Å². The molecular formula is C19H16N2O4S2. The van der Waals surface area contributed by atoms with Crippen LogP contribution in [0, 0.1) is 10.1 Å². The second-order valence-electron chi connectivity index (χ2n) is 5.48. The maximum atomic E-state index is 12.2. The van der Waals surface area contributed by atoms with Gasteiger partial charge < -0.3 is 10.1 Å². The Morgan fingerprint density at radius 2 is 1.93 bits per heavy atom. The second kappa shape index (κ2) is 9.20. The zero-order chi connectivity index (χ0) is 19.1. The molecule has 1 aromatic heterocycles. The molecule has 0 saturated heterocycles. The van der Waals surface area contributed by atoms with E-state index in [1.165, 1.54) is 17.7 Å². The van der Waals surface area contributed by atoms with Crippen LogP contribution < -0.4 is 10.1 Å². The van der Waals surface area contributed by atoms with Crippen LogP contribution in [0.2, 0.25) is 0 Å². The molecule has 3 aromatic rings. The Morgan fingerprint density at radius 3 is 2.70 bits per heavy atom. The number of ether oxygens (including phenoxy) is 1. The highest BCUT2D eigenvalue weighted by atomic mass is 32.2. The number of nitro benzene ring substituents is 1. The van der Waals surface area contributed by atoms with E-state index in [1.54, 1.807) is 35.2 Å². The van der Waals surface area contributed by atoms with Crippen LogP contribution in [0.15, 0.2) is 70.3 Å². The summed E-state index contributed by atoms with van der Waals surface area (Å²) in [5.41, 5.74) is 1.75. The Bertz CT molecular complexity index is 929. The summed E-state index contributed by atoms with van der Waals surface area (Å²) in [6.45, 7) is -0.311. The SMILES string of the molecule is O=C(COc1ccccc1[N+](=O)[O-])Nc1ccccc1SCc1ccsc1. The molecule has 0 bridgehead atoms. The van der Waals surface area contributed by atoms with E-state index in [0.717, 1.165) is 10.6 Å². The molecule has 138 valence electrons. The molecule has 6 nitrogen and oxygen atoms in total. The number of nitro groups is 1. The zero-order valence-electron chi connectivity index (χ0n) is 14.2. The first-order valence-corrected chi connectivity index (χ1v) is 9.95. The van der Waals surface area contributed by atoms with Crippen LogP contribution in [-0.4, -0.2) is 17.4 Å². The minimum absolute atomic E-state index is 0.0674. The number of anilines is 1. The number of carbonyl (C=O) groups is 1. The van der Waals surface area contributed by atoms with E-state index in [4.69, 9.17) is 4.74 Å². The Kier molecular flexibility index (Phi) is 6.45. The smallest absolute Gasteiger partial charge is 0.310 e. The normalized spacial score (nSPS) is 10.4. The van der Waals surface area contributed by atoms with Gasteiger partial charge in [0.05, 0.1) is 10.6 Å². The first-order valence-electron chi connectivity index (χ1n) is 8.02. The molecular weight excluding hydrogens is 384 g/mol. The highest BCUT2D eigenvalue weighted by Gasteiger charge is 2.15. The van der Waals surface area contributed by atoms with E-state index in [-0.39, 0.29) is 24.0 Å². The van der Waals surface area contributed by atoms with E-state index in [9.17, 15) is 14.9 Å². The van der Waals surface area contributed by atoms with Crippen LogP contribution in [0.3, 0.4) is 0 Å². The quantitative estimate of drug-likeness (QED) is 0.328. The lowest BCUT2D eigenvalue weighted by molar-refractivity contribution is -0.385. The molecule has 0 saturated carbocycles. The van der Waals surface area contributed by atoms with Crippen molar-refractivity contribution in [3.63, 3.8) is 0 Å². The molecule has 0 atom stereocenters. The molecule has 1 N–H and O–H groups in total. The summed E-state index contributed by atoms with van der Waals surface area (Å²) in [5.74, 6) is 0.498. The van der Waals surface area contributed by atoms with Crippen molar-refractivity contribution in [2.45, 2.75) is 10.6 Å². The number of para-hydroxylation sites is 3. The molecule has 1 amide bonds. The number of rotatable bonds is 8. The lowest BCUT2D eigenvalue weighted by atomic mass is 10.3. The van der Waals surface area contributed by atoms with E-state index in [2.05, 4.69) is 16.8 Å². The van der Waals surface area contributed by atoms with Gasteiger partial charge in [0.15, 0.2) is 12.4 Å². The number of nitrogens with zero attached hydrogens (tertiary/aromatic N) is 1. The van der Waals surface area contributed by atoms with Gasteiger partial charge in [0.1, 0.15) is 0 Å². The van der Waals surface area contributed by atoms with Crippen molar-refractivity contribution in [3.05, 3.63) is 81.0 Å². The number of hydrogen-bond acceptors (Lipinski definition) is 6. The number of nitrogens with one attached hydrogen (secondary N) is 1. The van der Waals surface area contributed by atoms with Gasteiger partial charge >= 0.3 is 5.69 Å². The highest BCUT2D eigenvalue weighted by molar-refractivity contribution is 7.98. The standard InChI is InChI=1S/C19H16N2O4S2/c22-19(11-25-17-7-3-2-6-16(17)21(23)24)20-15-5-1-4-8-18(15)27-13-14-9-10-26-12-14/h1-10,12H,11,13H2,(H,20,22). The predicted octanol–water partition coefficient (Wildman–Crippen LogP) is 4.97. The van der Waals surface area contributed by atoms with E-state index < -0.39 is 4.92 Å². The lowest BCUT2D eigenvalue weighted by Gasteiger charge is -2.11. The van der Waals surface area contributed by atoms with Crippen LogP contribution >= 0.6 is 23.1 Å². The van der Waals surface area contributed by atoms with Crippen LogP contribution in [0.1, 0.15) is 5.56 Å². The molecule has 0 spiro atoms. The first kappa shape index (κ1) is 18.9. The van der Waals surface area contributed by atoms with E-state index >= 15 is 0 Å². The van der Waals surface area contributed by atoms with Crippen LogP contribution in [0.5, 0.6) is 5.75 Å². The third kappa shape index (κ3) is 5.32. The molecule has 1 heterocycles. The van der Waals surface area contributed by atoms with Crippen molar-refractivity contribution >= 4 is 40.4 Å². The average Bonchev–Trinajstić information content (AvgIpc) is 3.19. The van der Waals surface area contributed by atoms with Crippen LogP contribution in [-0.2, 0) is 10.5 Å². The number of hydrogen-bond donors (Lipinski definition) is 1. The Labute approximate surface area is 164 Å². The highest BCUT2D eigenvalue weighted by Crippen LogP contribution is 2.30. The number of amides is 1. The van der Waals surface area contributed by atoms with Crippen molar-refractivity contribution in [1.82, 2.24) is 0 Å². The van der Waals surface area contributed by atoms with Gasteiger partial charge in [-0.3, -0.25) is 14.9 Å². The predicted molar refractivity (Wildman–Crippen MR) is 108 cm³/mol. The summed E-state index contributed by atoms with van der Waals surface area (Å²) >= 11 is 3.28. The summed E-state index contributed by atoms with van der Waals surface area (Å²) in [7, 11) is 0. The molecule has 8 heteroatoms. The van der Waals surface area contributed by atoms with Gasteiger partial charge in [-0.1, -0.05) is 24.3 Å².